The summed E-state index contributed by atoms with van der Waals surface area (Å²) in [5.74, 6) is 0.658. The number of amides is 2. The van der Waals surface area contributed by atoms with Gasteiger partial charge < -0.3 is 20.3 Å². The first-order chi connectivity index (χ1) is 14.7. The van der Waals surface area contributed by atoms with Crippen molar-refractivity contribution >= 4 is 23.2 Å². The van der Waals surface area contributed by atoms with Crippen LogP contribution in [0.3, 0.4) is 0 Å². The van der Waals surface area contributed by atoms with Gasteiger partial charge in [-0.15, -0.1) is 0 Å². The van der Waals surface area contributed by atoms with Crippen LogP contribution in [0.1, 0.15) is 36.0 Å². The Morgan fingerprint density at radius 2 is 1.57 bits per heavy atom. The van der Waals surface area contributed by atoms with Crippen LogP contribution in [-0.4, -0.2) is 43.0 Å². The normalized spacial score (nSPS) is 13.8. The van der Waals surface area contributed by atoms with Crippen molar-refractivity contribution in [2.75, 3.05) is 36.9 Å². The van der Waals surface area contributed by atoms with Crippen LogP contribution < -0.4 is 15.4 Å². The van der Waals surface area contributed by atoms with E-state index in [1.54, 1.807) is 30.3 Å². The van der Waals surface area contributed by atoms with Crippen molar-refractivity contribution in [2.45, 2.75) is 25.7 Å². The van der Waals surface area contributed by atoms with E-state index in [2.05, 4.69) is 17.2 Å². The number of benzene rings is 2. The molecular formula is C24H29N3O3. The zero-order valence-corrected chi connectivity index (χ0v) is 17.2. The van der Waals surface area contributed by atoms with Crippen LogP contribution in [0.2, 0.25) is 0 Å². The summed E-state index contributed by atoms with van der Waals surface area (Å²) in [4.78, 5) is 26.8. The van der Waals surface area contributed by atoms with E-state index in [1.165, 1.54) is 12.8 Å². The SMILES string of the molecule is C=CCOc1ccc(NCC(=O)Nc2ccc(C(=O)N3CCCCCC3)cc2)cc1. The van der Waals surface area contributed by atoms with E-state index in [9.17, 15) is 9.59 Å². The van der Waals surface area contributed by atoms with E-state index in [-0.39, 0.29) is 18.4 Å². The van der Waals surface area contributed by atoms with Gasteiger partial charge in [0, 0.05) is 30.0 Å². The molecule has 6 nitrogen and oxygen atoms in total. The minimum atomic E-state index is -0.159. The van der Waals surface area contributed by atoms with Crippen LogP contribution in [0, 0.1) is 0 Å². The van der Waals surface area contributed by atoms with E-state index < -0.39 is 0 Å². The second-order valence-corrected chi connectivity index (χ2v) is 7.31. The van der Waals surface area contributed by atoms with Crippen LogP contribution >= 0.6 is 0 Å². The molecule has 6 heteroatoms. The third-order valence-corrected chi connectivity index (χ3v) is 4.98. The average molecular weight is 408 g/mol. The van der Waals surface area contributed by atoms with Gasteiger partial charge in [-0.2, -0.15) is 0 Å². The molecule has 1 aliphatic rings. The van der Waals surface area contributed by atoms with Gasteiger partial charge in [-0.3, -0.25) is 9.59 Å². The van der Waals surface area contributed by atoms with Gasteiger partial charge in [0.25, 0.3) is 5.91 Å². The summed E-state index contributed by atoms with van der Waals surface area (Å²) >= 11 is 0. The van der Waals surface area contributed by atoms with Gasteiger partial charge in [-0.25, -0.2) is 0 Å². The van der Waals surface area contributed by atoms with E-state index >= 15 is 0 Å². The summed E-state index contributed by atoms with van der Waals surface area (Å²) in [6.07, 6.45) is 6.20. The molecule has 0 atom stereocenters. The summed E-state index contributed by atoms with van der Waals surface area (Å²) in [6.45, 7) is 5.86. The number of rotatable bonds is 8. The molecule has 0 aromatic heterocycles. The lowest BCUT2D eigenvalue weighted by molar-refractivity contribution is -0.114. The molecule has 0 radical (unpaired) electrons. The lowest BCUT2D eigenvalue weighted by Crippen LogP contribution is -2.31. The first-order valence-electron chi connectivity index (χ1n) is 10.4. The third kappa shape index (κ3) is 6.37. The quantitative estimate of drug-likeness (QED) is 0.640. The van der Waals surface area contributed by atoms with Crippen LogP contribution in [-0.2, 0) is 4.79 Å². The number of carbonyl (C=O) groups excluding carboxylic acids is 2. The monoisotopic (exact) mass is 407 g/mol. The highest BCUT2D eigenvalue weighted by Crippen LogP contribution is 2.17. The molecule has 30 heavy (non-hydrogen) atoms. The van der Waals surface area contributed by atoms with E-state index in [4.69, 9.17) is 4.74 Å². The average Bonchev–Trinajstić information content (AvgIpc) is 3.07. The minimum absolute atomic E-state index is 0.0666. The van der Waals surface area contributed by atoms with Crippen molar-refractivity contribution in [1.82, 2.24) is 4.90 Å². The minimum Gasteiger partial charge on any atom is -0.490 e. The molecule has 2 N–H and O–H groups in total. The van der Waals surface area contributed by atoms with E-state index in [1.807, 2.05) is 29.2 Å². The Labute approximate surface area is 177 Å². The van der Waals surface area contributed by atoms with Crippen LogP contribution in [0.25, 0.3) is 0 Å². The molecule has 2 aromatic carbocycles. The molecule has 0 spiro atoms. The number of ether oxygens (including phenoxy) is 1. The van der Waals surface area contributed by atoms with Crippen LogP contribution in [0.4, 0.5) is 11.4 Å². The Balaban J connectivity index is 1.47. The highest BCUT2D eigenvalue weighted by Gasteiger charge is 2.17. The summed E-state index contributed by atoms with van der Waals surface area (Å²) in [7, 11) is 0. The molecule has 2 amide bonds. The third-order valence-electron chi connectivity index (χ3n) is 4.98. The lowest BCUT2D eigenvalue weighted by atomic mass is 10.1. The maximum absolute atomic E-state index is 12.6. The number of hydrogen-bond donors (Lipinski definition) is 2. The fourth-order valence-corrected chi connectivity index (χ4v) is 3.36. The standard InChI is InChI=1S/C24H29N3O3/c1-2-17-30-22-13-11-20(12-14-22)25-18-23(28)26-21-9-7-19(8-10-21)24(29)27-15-5-3-4-6-16-27/h2,7-14,25H,1,3-6,15-18H2,(H,26,28). The first-order valence-corrected chi connectivity index (χ1v) is 10.4. The number of carbonyl (C=O) groups is 2. The zero-order chi connectivity index (χ0) is 21.2. The number of anilines is 2. The maximum Gasteiger partial charge on any atom is 0.253 e. The Bertz CT molecular complexity index is 839. The van der Waals surface area contributed by atoms with E-state index in [0.29, 0.717) is 17.9 Å². The van der Waals surface area contributed by atoms with E-state index in [0.717, 1.165) is 37.4 Å². The van der Waals surface area contributed by atoms with Gasteiger partial charge in [0.1, 0.15) is 12.4 Å². The molecule has 0 saturated carbocycles. The highest BCUT2D eigenvalue weighted by atomic mass is 16.5. The fourth-order valence-electron chi connectivity index (χ4n) is 3.36. The largest absolute Gasteiger partial charge is 0.490 e. The van der Waals surface area contributed by atoms with Crippen molar-refractivity contribution in [3.63, 3.8) is 0 Å². The number of hydrogen-bond acceptors (Lipinski definition) is 4. The summed E-state index contributed by atoms with van der Waals surface area (Å²) in [5.41, 5.74) is 2.16. The van der Waals surface area contributed by atoms with Crippen molar-refractivity contribution in [3.8, 4) is 5.75 Å². The second kappa shape index (κ2) is 11.0. The molecule has 0 aliphatic carbocycles. The number of nitrogens with zero attached hydrogens (tertiary/aromatic N) is 1. The summed E-state index contributed by atoms with van der Waals surface area (Å²) in [5, 5.41) is 5.92. The first kappa shape index (κ1) is 21.4. The predicted octanol–water partition coefficient (Wildman–Crippen LogP) is 4.32. The molecule has 2 aromatic rings. The molecule has 158 valence electrons. The molecule has 1 aliphatic heterocycles. The predicted molar refractivity (Wildman–Crippen MR) is 120 cm³/mol. The van der Waals surface area contributed by atoms with Crippen LogP contribution in [0.5, 0.6) is 5.75 Å². The Kier molecular flexibility index (Phi) is 7.89. The second-order valence-electron chi connectivity index (χ2n) is 7.31. The summed E-state index contributed by atoms with van der Waals surface area (Å²) in [6, 6.07) is 14.5. The smallest absolute Gasteiger partial charge is 0.253 e. The van der Waals surface area contributed by atoms with Crippen molar-refractivity contribution in [1.29, 1.82) is 0 Å². The van der Waals surface area contributed by atoms with Gasteiger partial charge in [0.15, 0.2) is 0 Å². The van der Waals surface area contributed by atoms with Gasteiger partial charge in [0.2, 0.25) is 5.91 Å². The van der Waals surface area contributed by atoms with Gasteiger partial charge in [0.05, 0.1) is 6.54 Å². The molecule has 3 rings (SSSR count). The molecular weight excluding hydrogens is 378 g/mol. The fraction of sp³-hybridized carbons (Fsp3) is 0.333. The molecule has 1 fully saturated rings. The molecule has 0 unspecified atom stereocenters. The Hall–Kier alpha value is -3.28. The van der Waals surface area contributed by atoms with Crippen molar-refractivity contribution < 1.29 is 14.3 Å². The van der Waals surface area contributed by atoms with Crippen LogP contribution in [0.15, 0.2) is 61.2 Å². The summed E-state index contributed by atoms with van der Waals surface area (Å²) < 4.78 is 5.43. The molecule has 1 saturated heterocycles. The zero-order valence-electron chi connectivity index (χ0n) is 17.2. The Morgan fingerprint density at radius 1 is 0.933 bits per heavy atom. The van der Waals surface area contributed by atoms with Gasteiger partial charge in [-0.05, 0) is 61.4 Å². The Morgan fingerprint density at radius 3 is 2.20 bits per heavy atom. The lowest BCUT2D eigenvalue weighted by Gasteiger charge is -2.20. The molecule has 0 bridgehead atoms. The van der Waals surface area contributed by atoms with Gasteiger partial charge in [-0.1, -0.05) is 25.5 Å². The van der Waals surface area contributed by atoms with Crippen molar-refractivity contribution in [2.24, 2.45) is 0 Å². The number of likely N-dealkylation sites (tertiary alicyclic amines) is 1. The molecule has 1 heterocycles. The van der Waals surface area contributed by atoms with Crippen molar-refractivity contribution in [3.05, 3.63) is 66.7 Å². The topological polar surface area (TPSA) is 70.7 Å². The van der Waals surface area contributed by atoms with Gasteiger partial charge >= 0.3 is 0 Å². The highest BCUT2D eigenvalue weighted by molar-refractivity contribution is 5.96. The number of nitrogens with one attached hydrogen (secondary N) is 2. The maximum atomic E-state index is 12.6.